The number of alkyl carbamates (subject to hydrolysis) is 1. The molecule has 0 heterocycles. The van der Waals surface area contributed by atoms with Gasteiger partial charge >= 0.3 is 24.0 Å². The third-order valence-electron chi connectivity index (χ3n) is 8.52. The molecule has 0 fully saturated rings. The number of carbonyl (C=O) groups is 10. The predicted molar refractivity (Wildman–Crippen MR) is 228 cm³/mol. The summed E-state index contributed by atoms with van der Waals surface area (Å²) in [6, 6.07) is 0. The van der Waals surface area contributed by atoms with E-state index < -0.39 is 52.9 Å². The summed E-state index contributed by atoms with van der Waals surface area (Å²) in [6.45, 7) is 4.98. The zero-order chi connectivity index (χ0) is 48.9. The van der Waals surface area contributed by atoms with Crippen molar-refractivity contribution in [1.82, 2.24) is 21.3 Å². The van der Waals surface area contributed by atoms with Crippen LogP contribution >= 0.6 is 0 Å². The van der Waals surface area contributed by atoms with Gasteiger partial charge in [-0.1, -0.05) is 0 Å². The van der Waals surface area contributed by atoms with Gasteiger partial charge in [-0.2, -0.15) is 0 Å². The highest BCUT2D eigenvalue weighted by Gasteiger charge is 2.34. The molecule has 23 heteroatoms. The number of hydrogen-bond acceptors (Lipinski definition) is 16. The van der Waals surface area contributed by atoms with E-state index in [1.165, 1.54) is 0 Å². The van der Waals surface area contributed by atoms with Crippen LogP contribution in [0, 0.1) is 0 Å². The van der Waals surface area contributed by atoms with E-state index >= 15 is 0 Å². The van der Waals surface area contributed by atoms with Crippen molar-refractivity contribution in [2.24, 2.45) is 0 Å². The van der Waals surface area contributed by atoms with Crippen LogP contribution in [0.25, 0.3) is 0 Å². The van der Waals surface area contributed by atoms with E-state index in [2.05, 4.69) is 21.3 Å². The topological polar surface area (TPSA) is 335 Å². The number of aliphatic carboxylic acids is 3. The Bertz CT molecular complexity index is 1400. The smallest absolute Gasteiger partial charge is 0.407 e. The number of rotatable bonds is 42. The molecule has 372 valence electrons. The summed E-state index contributed by atoms with van der Waals surface area (Å²) in [4.78, 5) is 119. The molecule has 0 aliphatic heterocycles. The van der Waals surface area contributed by atoms with Crippen LogP contribution in [0.4, 0.5) is 4.79 Å². The largest absolute Gasteiger partial charge is 0.481 e. The van der Waals surface area contributed by atoms with E-state index in [4.69, 9.17) is 43.7 Å². The number of carboxylic acid groups (broad SMARTS) is 3. The van der Waals surface area contributed by atoms with Crippen LogP contribution in [-0.4, -0.2) is 171 Å². The van der Waals surface area contributed by atoms with E-state index in [1.54, 1.807) is 20.8 Å². The fraction of sp³-hybridized carbons (Fsp3) is 0.762. The minimum Gasteiger partial charge on any atom is -0.481 e. The van der Waals surface area contributed by atoms with Crippen LogP contribution < -0.4 is 21.3 Å². The first-order valence-corrected chi connectivity index (χ1v) is 21.6. The van der Waals surface area contributed by atoms with Crippen LogP contribution in [-0.2, 0) is 71.6 Å². The van der Waals surface area contributed by atoms with Gasteiger partial charge in [0.2, 0.25) is 17.7 Å². The van der Waals surface area contributed by atoms with Gasteiger partial charge < -0.3 is 65.0 Å². The second-order valence-corrected chi connectivity index (χ2v) is 15.8. The van der Waals surface area contributed by atoms with Crippen molar-refractivity contribution in [2.75, 3.05) is 85.7 Å². The molecule has 0 aliphatic rings. The molecule has 0 bridgehead atoms. The Morgan fingerprint density at radius 1 is 0.400 bits per heavy atom. The Kier molecular flexibility index (Phi) is 33.3. The van der Waals surface area contributed by atoms with Crippen LogP contribution in [0.5, 0.6) is 0 Å². The highest BCUT2D eigenvalue weighted by atomic mass is 16.6. The molecule has 65 heavy (non-hydrogen) atoms. The van der Waals surface area contributed by atoms with Gasteiger partial charge in [0, 0.05) is 90.4 Å². The van der Waals surface area contributed by atoms with Gasteiger partial charge in [0.05, 0.1) is 72.3 Å². The van der Waals surface area contributed by atoms with Gasteiger partial charge in [-0.15, -0.1) is 0 Å². The van der Waals surface area contributed by atoms with Crippen molar-refractivity contribution in [2.45, 2.75) is 122 Å². The summed E-state index contributed by atoms with van der Waals surface area (Å²) in [5, 5.41) is 36.7. The molecule has 0 saturated heterocycles. The summed E-state index contributed by atoms with van der Waals surface area (Å²) >= 11 is 0. The predicted octanol–water partition coefficient (Wildman–Crippen LogP) is 1.10. The quantitative estimate of drug-likeness (QED) is 0.0421. The summed E-state index contributed by atoms with van der Waals surface area (Å²) in [5.74, 6) is -5.64. The van der Waals surface area contributed by atoms with Crippen LogP contribution in [0.3, 0.4) is 0 Å². The van der Waals surface area contributed by atoms with Gasteiger partial charge in [0.1, 0.15) is 28.5 Å². The third-order valence-corrected chi connectivity index (χ3v) is 8.52. The lowest BCUT2D eigenvalue weighted by Gasteiger charge is -2.34. The zero-order valence-corrected chi connectivity index (χ0v) is 38.0. The molecule has 0 aliphatic carbocycles. The average Bonchev–Trinajstić information content (AvgIpc) is 3.20. The summed E-state index contributed by atoms with van der Waals surface area (Å²) < 4.78 is 33.2. The minimum atomic E-state index is -1.50. The first kappa shape index (κ1) is 59.9. The molecule has 0 saturated carbocycles. The third kappa shape index (κ3) is 39.0. The summed E-state index contributed by atoms with van der Waals surface area (Å²) in [5.41, 5.74) is -2.10. The van der Waals surface area contributed by atoms with E-state index in [9.17, 15) is 47.9 Å². The molecule has 0 aromatic heterocycles. The number of carbonyl (C=O) groups excluding carboxylic acids is 7. The zero-order valence-electron chi connectivity index (χ0n) is 38.0. The molecule has 0 rings (SSSR count). The Morgan fingerprint density at radius 2 is 0.846 bits per heavy atom. The number of ketones is 3. The van der Waals surface area contributed by atoms with E-state index in [0.717, 1.165) is 0 Å². The van der Waals surface area contributed by atoms with Gasteiger partial charge in [0.25, 0.3) is 0 Å². The Balaban J connectivity index is 5.27. The standard InChI is InChI=1S/C42H70N4O19/c1-41(2,3)65-40(59)45-20-25-61-27-26-60-21-5-7-31(47)9-10-33(49)11-12-36(52)46-42(28-62-22-15-32(48)6-4-8-37(53)54,29-63-23-16-34(50)43-18-13-38(55)56)30-64-24-17-35(51)44-19-14-39(57)58/h4-30H2,1-3H3,(H,43,50)(H,44,51)(H,45,59)(H,46,52)(H,53,54)(H,55,56)(H,57,58). The highest BCUT2D eigenvalue weighted by Crippen LogP contribution is 2.13. The maximum Gasteiger partial charge on any atom is 0.407 e. The maximum absolute atomic E-state index is 13.3. The Labute approximate surface area is 379 Å². The average molecular weight is 935 g/mol. The van der Waals surface area contributed by atoms with Crippen molar-refractivity contribution >= 4 is 59.1 Å². The number of hydrogen-bond donors (Lipinski definition) is 7. The van der Waals surface area contributed by atoms with Crippen molar-refractivity contribution in [1.29, 1.82) is 0 Å². The number of nitrogens with one attached hydrogen (secondary N) is 4. The monoisotopic (exact) mass is 934 g/mol. The summed E-state index contributed by atoms with van der Waals surface area (Å²) in [7, 11) is 0. The maximum atomic E-state index is 13.3. The molecule has 0 radical (unpaired) electrons. The van der Waals surface area contributed by atoms with E-state index in [1.807, 2.05) is 0 Å². The van der Waals surface area contributed by atoms with Crippen molar-refractivity contribution < 1.29 is 91.7 Å². The SMILES string of the molecule is CC(C)(C)OC(=O)NCCOCCOCCCC(=O)CCC(=O)CCC(=O)NC(COCCC(=O)CCCC(=O)O)(COCCC(=O)NCCC(=O)O)COCCC(=O)NCCC(=O)O. The first-order chi connectivity index (χ1) is 30.7. The van der Waals surface area contributed by atoms with Crippen molar-refractivity contribution in [3.05, 3.63) is 0 Å². The summed E-state index contributed by atoms with van der Waals surface area (Å²) in [6.07, 6.45) is -1.63. The number of amides is 4. The van der Waals surface area contributed by atoms with Crippen LogP contribution in [0.2, 0.25) is 0 Å². The molecule has 7 N–H and O–H groups in total. The molecular formula is C42H70N4O19. The lowest BCUT2D eigenvalue weighted by Crippen LogP contribution is -2.58. The second kappa shape index (κ2) is 36.2. The highest BCUT2D eigenvalue weighted by molar-refractivity contribution is 5.88. The molecule has 0 aromatic rings. The van der Waals surface area contributed by atoms with Crippen molar-refractivity contribution in [3.8, 4) is 0 Å². The molecule has 0 spiro atoms. The molecule has 0 aromatic carbocycles. The van der Waals surface area contributed by atoms with Crippen LogP contribution in [0.1, 0.15) is 111 Å². The van der Waals surface area contributed by atoms with Gasteiger partial charge in [0.15, 0.2) is 0 Å². The molecule has 0 unspecified atom stereocenters. The first-order valence-electron chi connectivity index (χ1n) is 21.6. The Hall–Kier alpha value is -5.10. The van der Waals surface area contributed by atoms with Gasteiger partial charge in [-0.3, -0.25) is 43.2 Å². The van der Waals surface area contributed by atoms with Crippen LogP contribution in [0.15, 0.2) is 0 Å². The molecule has 0 atom stereocenters. The Morgan fingerprint density at radius 3 is 1.35 bits per heavy atom. The number of carboxylic acids is 3. The lowest BCUT2D eigenvalue weighted by molar-refractivity contribution is -0.138. The fourth-order valence-corrected chi connectivity index (χ4v) is 5.28. The number of Topliss-reactive ketones (excluding diaryl/α,β-unsaturated/α-hetero) is 3. The van der Waals surface area contributed by atoms with E-state index in [0.29, 0.717) is 13.0 Å². The fourth-order valence-electron chi connectivity index (χ4n) is 5.28. The lowest BCUT2D eigenvalue weighted by atomic mass is 10.0. The molecular weight excluding hydrogens is 864 g/mol. The van der Waals surface area contributed by atoms with Gasteiger partial charge in [-0.25, -0.2) is 4.79 Å². The van der Waals surface area contributed by atoms with Crippen molar-refractivity contribution in [3.63, 3.8) is 0 Å². The van der Waals surface area contributed by atoms with Gasteiger partial charge in [-0.05, 0) is 33.6 Å². The minimum absolute atomic E-state index is 0.0109. The molecule has 23 nitrogen and oxygen atoms in total. The van der Waals surface area contributed by atoms with E-state index in [-0.39, 0.29) is 180 Å². The second-order valence-electron chi connectivity index (χ2n) is 15.8. The normalized spacial score (nSPS) is 11.3. The number of ether oxygens (including phenoxy) is 6. The molecule has 4 amide bonds.